The van der Waals surface area contributed by atoms with Crippen molar-refractivity contribution >= 4 is 0 Å². The zero-order valence-corrected chi connectivity index (χ0v) is 10.1. The van der Waals surface area contributed by atoms with Crippen LogP contribution in [0.2, 0.25) is 0 Å². The van der Waals surface area contributed by atoms with Gasteiger partial charge in [0.25, 0.3) is 0 Å². The van der Waals surface area contributed by atoms with Crippen LogP contribution in [0, 0.1) is 5.92 Å². The van der Waals surface area contributed by atoms with E-state index in [1.165, 1.54) is 0 Å². The third kappa shape index (κ3) is 2.83. The molecule has 0 spiro atoms. The van der Waals surface area contributed by atoms with Gasteiger partial charge in [0, 0.05) is 37.2 Å². The van der Waals surface area contributed by atoms with Crippen LogP contribution in [-0.4, -0.2) is 15.7 Å². The van der Waals surface area contributed by atoms with Gasteiger partial charge in [-0.1, -0.05) is 6.92 Å². The predicted molar refractivity (Wildman–Crippen MR) is 61.7 cm³/mol. The van der Waals surface area contributed by atoms with Crippen LogP contribution in [0.1, 0.15) is 44.2 Å². The van der Waals surface area contributed by atoms with Gasteiger partial charge in [0.2, 0.25) is 5.92 Å². The standard InChI is InChI=1S/C12H19F2N3/c1-2-5-17-8-10(7-16-17)11(15)9-3-4-12(13,14)6-9/h7-9,11H,2-6,15H2,1H3. The van der Waals surface area contributed by atoms with Crippen molar-refractivity contribution < 1.29 is 8.78 Å². The zero-order valence-electron chi connectivity index (χ0n) is 10.1. The molecule has 1 fully saturated rings. The van der Waals surface area contributed by atoms with E-state index in [1.807, 2.05) is 10.9 Å². The number of halogens is 2. The van der Waals surface area contributed by atoms with E-state index in [4.69, 9.17) is 5.73 Å². The van der Waals surface area contributed by atoms with Gasteiger partial charge in [-0.3, -0.25) is 4.68 Å². The Bertz CT molecular complexity index is 376. The monoisotopic (exact) mass is 243 g/mol. The van der Waals surface area contributed by atoms with Crippen molar-refractivity contribution in [3.63, 3.8) is 0 Å². The van der Waals surface area contributed by atoms with E-state index in [1.54, 1.807) is 6.20 Å². The highest BCUT2D eigenvalue weighted by Crippen LogP contribution is 2.43. The fourth-order valence-electron chi connectivity index (χ4n) is 2.47. The van der Waals surface area contributed by atoms with Gasteiger partial charge >= 0.3 is 0 Å². The molecule has 5 heteroatoms. The van der Waals surface area contributed by atoms with Crippen LogP contribution >= 0.6 is 0 Å². The van der Waals surface area contributed by atoms with E-state index in [0.29, 0.717) is 6.42 Å². The Labute approximate surface area is 100.0 Å². The van der Waals surface area contributed by atoms with E-state index in [0.717, 1.165) is 18.5 Å². The lowest BCUT2D eigenvalue weighted by Gasteiger charge is -2.17. The number of hydrogen-bond acceptors (Lipinski definition) is 2. The molecule has 1 saturated carbocycles. The Kier molecular flexibility index (Phi) is 3.47. The molecular weight excluding hydrogens is 224 g/mol. The summed E-state index contributed by atoms with van der Waals surface area (Å²) in [5.74, 6) is -2.65. The molecule has 3 nitrogen and oxygen atoms in total. The van der Waals surface area contributed by atoms with Crippen LogP contribution in [0.4, 0.5) is 8.78 Å². The lowest BCUT2D eigenvalue weighted by Crippen LogP contribution is -2.21. The topological polar surface area (TPSA) is 43.8 Å². The first-order valence-corrected chi connectivity index (χ1v) is 6.17. The molecule has 2 atom stereocenters. The molecule has 0 bridgehead atoms. The molecule has 1 heterocycles. The Morgan fingerprint density at radius 3 is 3.00 bits per heavy atom. The third-order valence-electron chi connectivity index (χ3n) is 3.44. The minimum Gasteiger partial charge on any atom is -0.324 e. The summed E-state index contributed by atoms with van der Waals surface area (Å²) in [6.45, 7) is 2.91. The summed E-state index contributed by atoms with van der Waals surface area (Å²) in [4.78, 5) is 0. The van der Waals surface area contributed by atoms with Gasteiger partial charge in [-0.25, -0.2) is 8.78 Å². The first-order valence-electron chi connectivity index (χ1n) is 6.17. The molecule has 17 heavy (non-hydrogen) atoms. The molecule has 1 aliphatic rings. The highest BCUT2D eigenvalue weighted by atomic mass is 19.3. The Morgan fingerprint density at radius 1 is 1.65 bits per heavy atom. The smallest absolute Gasteiger partial charge is 0.248 e. The van der Waals surface area contributed by atoms with Crippen LogP contribution in [-0.2, 0) is 6.54 Å². The Morgan fingerprint density at radius 2 is 2.41 bits per heavy atom. The number of hydrogen-bond donors (Lipinski definition) is 1. The lowest BCUT2D eigenvalue weighted by molar-refractivity contribution is 0.00390. The average molecular weight is 243 g/mol. The van der Waals surface area contributed by atoms with Gasteiger partial charge < -0.3 is 5.73 Å². The van der Waals surface area contributed by atoms with E-state index < -0.39 is 5.92 Å². The maximum Gasteiger partial charge on any atom is 0.248 e. The molecule has 1 aromatic rings. The normalized spacial score (nSPS) is 25.1. The molecule has 0 aromatic carbocycles. The second kappa shape index (κ2) is 4.72. The van der Waals surface area contributed by atoms with E-state index in [9.17, 15) is 8.78 Å². The highest BCUT2D eigenvalue weighted by Gasteiger charge is 2.42. The van der Waals surface area contributed by atoms with Gasteiger partial charge in [-0.2, -0.15) is 5.10 Å². The number of rotatable bonds is 4. The maximum atomic E-state index is 13.1. The van der Waals surface area contributed by atoms with E-state index >= 15 is 0 Å². The number of nitrogens with two attached hydrogens (primary N) is 1. The molecule has 1 aliphatic carbocycles. The summed E-state index contributed by atoms with van der Waals surface area (Å²) >= 11 is 0. The molecule has 0 radical (unpaired) electrons. The van der Waals surface area contributed by atoms with Crippen LogP contribution in [0.5, 0.6) is 0 Å². The Hall–Kier alpha value is -0.970. The van der Waals surface area contributed by atoms with Gasteiger partial charge in [0.05, 0.1) is 6.20 Å². The van der Waals surface area contributed by atoms with Crippen molar-refractivity contribution in [2.24, 2.45) is 11.7 Å². The summed E-state index contributed by atoms with van der Waals surface area (Å²) in [6.07, 6.45) is 4.97. The minimum atomic E-state index is -2.53. The SMILES string of the molecule is CCCn1cc(C(N)C2CCC(F)(F)C2)cn1. The fraction of sp³-hybridized carbons (Fsp3) is 0.750. The Balaban J connectivity index is 2.01. The van der Waals surface area contributed by atoms with Crippen molar-refractivity contribution in [2.75, 3.05) is 0 Å². The number of alkyl halides is 2. The van der Waals surface area contributed by atoms with Gasteiger partial charge in [0.1, 0.15) is 0 Å². The molecule has 2 unspecified atom stereocenters. The van der Waals surface area contributed by atoms with Gasteiger partial charge in [-0.15, -0.1) is 0 Å². The van der Waals surface area contributed by atoms with E-state index in [2.05, 4.69) is 12.0 Å². The van der Waals surface area contributed by atoms with Crippen LogP contribution in [0.15, 0.2) is 12.4 Å². The quantitative estimate of drug-likeness (QED) is 0.883. The first-order chi connectivity index (χ1) is 8.02. The van der Waals surface area contributed by atoms with Crippen molar-refractivity contribution in [3.05, 3.63) is 18.0 Å². The molecule has 0 aliphatic heterocycles. The predicted octanol–water partition coefficient (Wildman–Crippen LogP) is 2.73. The zero-order chi connectivity index (χ0) is 12.5. The van der Waals surface area contributed by atoms with Crippen LogP contribution in [0.3, 0.4) is 0 Å². The first kappa shape index (κ1) is 12.5. The summed E-state index contributed by atoms with van der Waals surface area (Å²) in [7, 11) is 0. The van der Waals surface area contributed by atoms with Crippen molar-refractivity contribution in [3.8, 4) is 0 Å². The minimum absolute atomic E-state index is 0.0333. The van der Waals surface area contributed by atoms with Crippen LogP contribution in [0.25, 0.3) is 0 Å². The second-order valence-corrected chi connectivity index (χ2v) is 4.92. The molecule has 0 amide bonds. The molecule has 0 saturated heterocycles. The third-order valence-corrected chi connectivity index (χ3v) is 3.44. The summed E-state index contributed by atoms with van der Waals surface area (Å²) in [5.41, 5.74) is 6.92. The van der Waals surface area contributed by atoms with Crippen molar-refractivity contribution in [2.45, 2.75) is 51.1 Å². The lowest BCUT2D eigenvalue weighted by atomic mass is 9.94. The van der Waals surface area contributed by atoms with Crippen molar-refractivity contribution in [1.82, 2.24) is 9.78 Å². The molecule has 2 N–H and O–H groups in total. The number of nitrogens with zero attached hydrogens (tertiary/aromatic N) is 2. The summed E-state index contributed by atoms with van der Waals surface area (Å²) in [6, 6.07) is -0.311. The highest BCUT2D eigenvalue weighted by molar-refractivity contribution is 5.12. The molecule has 96 valence electrons. The molecular formula is C12H19F2N3. The summed E-state index contributed by atoms with van der Waals surface area (Å²) in [5, 5.41) is 4.18. The number of aryl methyl sites for hydroxylation is 1. The average Bonchev–Trinajstić information content (AvgIpc) is 2.85. The molecule has 1 aromatic heterocycles. The van der Waals surface area contributed by atoms with Crippen molar-refractivity contribution in [1.29, 1.82) is 0 Å². The maximum absolute atomic E-state index is 13.1. The van der Waals surface area contributed by atoms with Gasteiger partial charge in [-0.05, 0) is 18.8 Å². The largest absolute Gasteiger partial charge is 0.324 e. The fourth-order valence-corrected chi connectivity index (χ4v) is 2.47. The van der Waals surface area contributed by atoms with Gasteiger partial charge in [0.15, 0.2) is 0 Å². The summed E-state index contributed by atoms with van der Waals surface area (Å²) < 4.78 is 28.1. The number of aromatic nitrogens is 2. The molecule has 2 rings (SSSR count). The van der Waals surface area contributed by atoms with Crippen LogP contribution < -0.4 is 5.73 Å². The van der Waals surface area contributed by atoms with E-state index in [-0.39, 0.29) is 24.8 Å². The second-order valence-electron chi connectivity index (χ2n) is 4.92.